The van der Waals surface area contributed by atoms with Gasteiger partial charge in [0.2, 0.25) is 11.8 Å². The van der Waals surface area contributed by atoms with Crippen LogP contribution in [0.2, 0.25) is 0 Å². The Bertz CT molecular complexity index is 947. The molecular formula is C33H57N3O4S. The maximum atomic E-state index is 14.4. The van der Waals surface area contributed by atoms with Gasteiger partial charge in [-0.1, -0.05) is 70.6 Å². The number of alkyl carbamates (subject to hydrolysis) is 1. The quantitative estimate of drug-likeness (QED) is 0.173. The Morgan fingerprint density at radius 3 is 2.17 bits per heavy atom. The van der Waals surface area contributed by atoms with Crippen molar-refractivity contribution in [3.05, 3.63) is 34.9 Å². The van der Waals surface area contributed by atoms with Crippen LogP contribution in [0.25, 0.3) is 0 Å². The van der Waals surface area contributed by atoms with Gasteiger partial charge in [0.25, 0.3) is 0 Å². The topological polar surface area (TPSA) is 87.7 Å². The number of nitrogens with zero attached hydrogens (tertiary/aromatic N) is 1. The van der Waals surface area contributed by atoms with Gasteiger partial charge < -0.3 is 20.3 Å². The number of benzene rings is 1. The van der Waals surface area contributed by atoms with Crippen LogP contribution >= 0.6 is 11.8 Å². The number of amides is 3. The smallest absolute Gasteiger partial charge is 0.408 e. The third-order valence-electron chi connectivity index (χ3n) is 7.15. The minimum absolute atomic E-state index is 0.0142. The van der Waals surface area contributed by atoms with E-state index in [4.69, 9.17) is 4.74 Å². The molecule has 1 aromatic rings. The highest BCUT2D eigenvalue weighted by atomic mass is 32.2. The molecule has 0 heterocycles. The van der Waals surface area contributed by atoms with Crippen LogP contribution in [0.4, 0.5) is 4.79 Å². The first-order valence-corrected chi connectivity index (χ1v) is 16.9. The van der Waals surface area contributed by atoms with Crippen molar-refractivity contribution in [3.63, 3.8) is 0 Å². The number of hydrogen-bond donors (Lipinski definition) is 2. The molecule has 0 radical (unpaired) electrons. The molecule has 0 aliphatic rings. The SMILES string of the molecule is CCCCCCCCN(C(=O)C(CCSC)NC(=O)OC(C)(C)C)C(C(=O)NC(C)CCC)c1ccc(C)c(C)c1. The highest BCUT2D eigenvalue weighted by Crippen LogP contribution is 2.27. The van der Waals surface area contributed by atoms with Crippen LogP contribution in [0.3, 0.4) is 0 Å². The van der Waals surface area contributed by atoms with Gasteiger partial charge in [0.15, 0.2) is 0 Å². The molecule has 3 atom stereocenters. The molecule has 8 heteroatoms. The van der Waals surface area contributed by atoms with E-state index in [0.29, 0.717) is 18.7 Å². The number of hydrogen-bond acceptors (Lipinski definition) is 5. The Balaban J connectivity index is 3.50. The van der Waals surface area contributed by atoms with Crippen molar-refractivity contribution in [3.8, 4) is 0 Å². The predicted molar refractivity (Wildman–Crippen MR) is 172 cm³/mol. The third kappa shape index (κ3) is 14.0. The summed E-state index contributed by atoms with van der Waals surface area (Å²) in [6.07, 6.45) is 9.99. The molecule has 0 fully saturated rings. The monoisotopic (exact) mass is 591 g/mol. The van der Waals surface area contributed by atoms with E-state index < -0.39 is 23.8 Å². The van der Waals surface area contributed by atoms with E-state index >= 15 is 0 Å². The van der Waals surface area contributed by atoms with Gasteiger partial charge in [0, 0.05) is 12.6 Å². The van der Waals surface area contributed by atoms with Crippen molar-refractivity contribution < 1.29 is 19.1 Å². The van der Waals surface area contributed by atoms with Crippen LogP contribution in [0.15, 0.2) is 18.2 Å². The zero-order chi connectivity index (χ0) is 31.0. The first kappa shape index (κ1) is 36.8. The molecule has 0 aliphatic heterocycles. The molecule has 0 saturated carbocycles. The van der Waals surface area contributed by atoms with Crippen molar-refractivity contribution >= 4 is 29.7 Å². The molecular weight excluding hydrogens is 534 g/mol. The van der Waals surface area contributed by atoms with E-state index in [0.717, 1.165) is 55.2 Å². The number of ether oxygens (including phenoxy) is 1. The number of rotatable bonds is 18. The molecule has 7 nitrogen and oxygen atoms in total. The van der Waals surface area contributed by atoms with Gasteiger partial charge in [-0.15, -0.1) is 0 Å². The van der Waals surface area contributed by atoms with E-state index in [9.17, 15) is 14.4 Å². The van der Waals surface area contributed by atoms with Crippen LogP contribution < -0.4 is 10.6 Å². The lowest BCUT2D eigenvalue weighted by Crippen LogP contribution is -2.54. The summed E-state index contributed by atoms with van der Waals surface area (Å²) in [6, 6.07) is 4.37. The number of nitrogens with one attached hydrogen (secondary N) is 2. The molecule has 2 N–H and O–H groups in total. The molecule has 41 heavy (non-hydrogen) atoms. The van der Waals surface area contributed by atoms with E-state index in [-0.39, 0.29) is 17.9 Å². The highest BCUT2D eigenvalue weighted by molar-refractivity contribution is 7.98. The molecule has 0 spiro atoms. The highest BCUT2D eigenvalue weighted by Gasteiger charge is 2.36. The van der Waals surface area contributed by atoms with Gasteiger partial charge in [0.05, 0.1) is 0 Å². The minimum atomic E-state index is -0.799. The number of thioether (sulfide) groups is 1. The molecule has 3 amide bonds. The van der Waals surface area contributed by atoms with E-state index in [1.54, 1.807) is 37.4 Å². The fourth-order valence-electron chi connectivity index (χ4n) is 4.81. The van der Waals surface area contributed by atoms with Crippen molar-refractivity contribution in [2.24, 2.45) is 0 Å². The summed E-state index contributed by atoms with van der Waals surface area (Å²) >= 11 is 1.61. The number of carbonyl (C=O) groups excluding carboxylic acids is 3. The van der Waals surface area contributed by atoms with Gasteiger partial charge in [-0.3, -0.25) is 9.59 Å². The third-order valence-corrected chi connectivity index (χ3v) is 7.80. The second-order valence-electron chi connectivity index (χ2n) is 12.2. The van der Waals surface area contributed by atoms with Gasteiger partial charge in [0.1, 0.15) is 17.7 Å². The van der Waals surface area contributed by atoms with Crippen LogP contribution in [0.1, 0.15) is 122 Å². The van der Waals surface area contributed by atoms with Crippen LogP contribution in [0, 0.1) is 13.8 Å². The van der Waals surface area contributed by atoms with E-state index in [1.165, 1.54) is 12.8 Å². The molecule has 0 aromatic heterocycles. The van der Waals surface area contributed by atoms with Gasteiger partial charge in [-0.2, -0.15) is 11.8 Å². The van der Waals surface area contributed by atoms with Gasteiger partial charge in [-0.25, -0.2) is 4.79 Å². The number of unbranched alkanes of at least 4 members (excludes halogenated alkanes) is 5. The molecule has 234 valence electrons. The lowest BCUT2D eigenvalue weighted by molar-refractivity contribution is -0.143. The predicted octanol–water partition coefficient (Wildman–Crippen LogP) is 7.48. The Labute approximate surface area is 254 Å². The Kier molecular flexibility index (Phi) is 17.1. The average Bonchev–Trinajstić information content (AvgIpc) is 2.88. The van der Waals surface area contributed by atoms with Gasteiger partial charge >= 0.3 is 6.09 Å². The summed E-state index contributed by atoms with van der Waals surface area (Å²) < 4.78 is 5.51. The Hall–Kier alpha value is -2.22. The maximum absolute atomic E-state index is 14.4. The molecule has 0 aliphatic carbocycles. The van der Waals surface area contributed by atoms with Crippen molar-refractivity contribution in [1.82, 2.24) is 15.5 Å². The summed E-state index contributed by atoms with van der Waals surface area (Å²) in [5.74, 6) is 0.250. The first-order valence-electron chi connectivity index (χ1n) is 15.5. The first-order chi connectivity index (χ1) is 19.3. The fraction of sp³-hybridized carbons (Fsp3) is 0.727. The Morgan fingerprint density at radius 1 is 0.927 bits per heavy atom. The number of aryl methyl sites for hydroxylation is 2. The average molecular weight is 592 g/mol. The summed E-state index contributed by atoms with van der Waals surface area (Å²) in [4.78, 5) is 42.8. The van der Waals surface area contributed by atoms with Crippen molar-refractivity contribution in [2.45, 2.75) is 137 Å². The van der Waals surface area contributed by atoms with Crippen molar-refractivity contribution in [2.75, 3.05) is 18.6 Å². The fourth-order valence-corrected chi connectivity index (χ4v) is 5.28. The summed E-state index contributed by atoms with van der Waals surface area (Å²) in [5.41, 5.74) is 2.30. The normalized spacial score (nSPS) is 13.7. The van der Waals surface area contributed by atoms with Gasteiger partial charge in [-0.05, 0) is 89.5 Å². The maximum Gasteiger partial charge on any atom is 0.408 e. The summed E-state index contributed by atoms with van der Waals surface area (Å²) in [6.45, 7) is 16.2. The van der Waals surface area contributed by atoms with Crippen LogP contribution in [-0.4, -0.2) is 59.0 Å². The zero-order valence-electron chi connectivity index (χ0n) is 27.2. The second-order valence-corrected chi connectivity index (χ2v) is 13.2. The zero-order valence-corrected chi connectivity index (χ0v) is 28.0. The Morgan fingerprint density at radius 2 is 1.59 bits per heavy atom. The minimum Gasteiger partial charge on any atom is -0.444 e. The van der Waals surface area contributed by atoms with E-state index in [2.05, 4.69) is 24.5 Å². The van der Waals surface area contributed by atoms with Crippen LogP contribution in [0.5, 0.6) is 0 Å². The number of carbonyl (C=O) groups is 3. The summed E-state index contributed by atoms with van der Waals surface area (Å²) in [5, 5.41) is 6.01. The lowest BCUT2D eigenvalue weighted by Gasteiger charge is -2.35. The standard InChI is InChI=1S/C33H57N3O4S/c1-10-12-13-14-15-16-21-36(31(38)28(20-22-41-9)35-32(39)40-33(6,7)8)29(30(37)34-26(5)17-11-2)27-19-18-24(3)25(4)23-27/h18-19,23,26,28-29H,10-17,20-22H2,1-9H3,(H,34,37)(H,35,39). The van der Waals surface area contributed by atoms with Crippen molar-refractivity contribution in [1.29, 1.82) is 0 Å². The lowest BCUT2D eigenvalue weighted by atomic mass is 9.97. The second kappa shape index (κ2) is 19.1. The molecule has 1 aromatic carbocycles. The largest absolute Gasteiger partial charge is 0.444 e. The molecule has 0 saturated heterocycles. The molecule has 3 unspecified atom stereocenters. The van der Waals surface area contributed by atoms with E-state index in [1.807, 2.05) is 45.2 Å². The van der Waals surface area contributed by atoms with Crippen LogP contribution in [-0.2, 0) is 14.3 Å². The summed E-state index contributed by atoms with van der Waals surface area (Å²) in [7, 11) is 0. The molecule has 1 rings (SSSR count). The molecule has 0 bridgehead atoms.